The van der Waals surface area contributed by atoms with Gasteiger partial charge in [0.25, 0.3) is 0 Å². The van der Waals surface area contributed by atoms with Gasteiger partial charge in [-0.1, -0.05) is 36.8 Å². The minimum absolute atomic E-state index is 0.0546. The monoisotopic (exact) mass is 273 g/mol. The van der Waals surface area contributed by atoms with Gasteiger partial charge < -0.3 is 4.74 Å². The van der Waals surface area contributed by atoms with Gasteiger partial charge in [0.1, 0.15) is 6.10 Å². The smallest absolute Gasteiger partial charge is 0.331 e. The number of piperidine rings is 1. The molecule has 0 bridgehead atoms. The SMILES string of the molecule is C[C@@H](CN1CCCCC1)OC(=O)/C=C/c1ccccc1. The van der Waals surface area contributed by atoms with Gasteiger partial charge in [0.15, 0.2) is 0 Å². The second kappa shape index (κ2) is 7.85. The summed E-state index contributed by atoms with van der Waals surface area (Å²) in [4.78, 5) is 14.1. The normalized spacial score (nSPS) is 18.1. The van der Waals surface area contributed by atoms with E-state index in [1.54, 1.807) is 6.08 Å². The summed E-state index contributed by atoms with van der Waals surface area (Å²) in [5.74, 6) is -0.265. The summed E-state index contributed by atoms with van der Waals surface area (Å²) in [5, 5.41) is 0. The van der Waals surface area contributed by atoms with Crippen molar-refractivity contribution >= 4 is 12.0 Å². The largest absolute Gasteiger partial charge is 0.458 e. The minimum Gasteiger partial charge on any atom is -0.458 e. The van der Waals surface area contributed by atoms with Crippen LogP contribution in [-0.2, 0) is 9.53 Å². The number of ether oxygens (including phenoxy) is 1. The zero-order chi connectivity index (χ0) is 14.2. The molecule has 0 aliphatic carbocycles. The molecule has 1 atom stereocenters. The van der Waals surface area contributed by atoms with E-state index in [9.17, 15) is 4.79 Å². The average Bonchev–Trinajstić information content (AvgIpc) is 2.47. The topological polar surface area (TPSA) is 29.5 Å². The van der Waals surface area contributed by atoms with Gasteiger partial charge in [0.2, 0.25) is 0 Å². The number of benzene rings is 1. The fourth-order valence-electron chi connectivity index (χ4n) is 2.51. The van der Waals surface area contributed by atoms with Crippen molar-refractivity contribution in [3.05, 3.63) is 42.0 Å². The van der Waals surface area contributed by atoms with Crippen LogP contribution in [0.1, 0.15) is 31.7 Å². The van der Waals surface area contributed by atoms with E-state index in [2.05, 4.69) is 4.90 Å². The van der Waals surface area contributed by atoms with Crippen molar-refractivity contribution < 1.29 is 9.53 Å². The molecule has 0 saturated carbocycles. The molecule has 0 spiro atoms. The van der Waals surface area contributed by atoms with Crippen molar-refractivity contribution in [1.29, 1.82) is 0 Å². The fourth-order valence-corrected chi connectivity index (χ4v) is 2.51. The predicted molar refractivity (Wildman–Crippen MR) is 81.3 cm³/mol. The van der Waals surface area contributed by atoms with Crippen molar-refractivity contribution in [1.82, 2.24) is 4.90 Å². The van der Waals surface area contributed by atoms with Crippen LogP contribution < -0.4 is 0 Å². The molecule has 0 aromatic heterocycles. The van der Waals surface area contributed by atoms with E-state index in [4.69, 9.17) is 4.74 Å². The molecule has 1 heterocycles. The standard InChI is InChI=1S/C17H23NO2/c1-15(14-18-12-6-3-7-13-18)20-17(19)11-10-16-8-4-2-5-9-16/h2,4-5,8-11,15H,3,6-7,12-14H2,1H3/b11-10+/t15-/m0/s1. The zero-order valence-corrected chi connectivity index (χ0v) is 12.1. The highest BCUT2D eigenvalue weighted by molar-refractivity contribution is 5.87. The van der Waals surface area contributed by atoms with E-state index in [0.717, 1.165) is 25.2 Å². The van der Waals surface area contributed by atoms with E-state index in [1.165, 1.54) is 25.3 Å². The van der Waals surface area contributed by atoms with Crippen LogP contribution in [0.2, 0.25) is 0 Å². The van der Waals surface area contributed by atoms with Gasteiger partial charge in [-0.2, -0.15) is 0 Å². The number of hydrogen-bond acceptors (Lipinski definition) is 3. The van der Waals surface area contributed by atoms with Crippen LogP contribution in [0.5, 0.6) is 0 Å². The Morgan fingerprint density at radius 1 is 1.25 bits per heavy atom. The highest BCUT2D eigenvalue weighted by Gasteiger charge is 2.15. The number of esters is 1. The van der Waals surface area contributed by atoms with E-state index in [-0.39, 0.29) is 12.1 Å². The first kappa shape index (κ1) is 14.8. The third-order valence-corrected chi connectivity index (χ3v) is 3.49. The molecule has 3 nitrogen and oxygen atoms in total. The Morgan fingerprint density at radius 3 is 2.65 bits per heavy atom. The molecule has 1 saturated heterocycles. The van der Waals surface area contributed by atoms with Crippen LogP contribution in [0.15, 0.2) is 36.4 Å². The van der Waals surface area contributed by atoms with Crippen molar-refractivity contribution in [3.63, 3.8) is 0 Å². The molecule has 1 fully saturated rings. The molecule has 1 aromatic carbocycles. The van der Waals surface area contributed by atoms with Gasteiger partial charge in [0, 0.05) is 12.6 Å². The maximum absolute atomic E-state index is 11.7. The van der Waals surface area contributed by atoms with Crippen LogP contribution in [0.4, 0.5) is 0 Å². The predicted octanol–water partition coefficient (Wildman–Crippen LogP) is 3.12. The number of hydrogen-bond donors (Lipinski definition) is 0. The number of nitrogens with zero attached hydrogens (tertiary/aromatic N) is 1. The van der Waals surface area contributed by atoms with Gasteiger partial charge in [0.05, 0.1) is 0 Å². The summed E-state index contributed by atoms with van der Waals surface area (Å²) in [7, 11) is 0. The second-order valence-corrected chi connectivity index (χ2v) is 5.35. The third kappa shape index (κ3) is 5.17. The van der Waals surface area contributed by atoms with Crippen molar-refractivity contribution in [2.24, 2.45) is 0 Å². The first-order valence-electron chi connectivity index (χ1n) is 7.40. The van der Waals surface area contributed by atoms with Crippen LogP contribution in [0.3, 0.4) is 0 Å². The molecule has 0 N–H and O–H groups in total. The second-order valence-electron chi connectivity index (χ2n) is 5.35. The Bertz CT molecular complexity index is 436. The first-order chi connectivity index (χ1) is 9.74. The minimum atomic E-state index is -0.265. The lowest BCUT2D eigenvalue weighted by atomic mass is 10.1. The van der Waals surface area contributed by atoms with Crippen molar-refractivity contribution in [3.8, 4) is 0 Å². The van der Waals surface area contributed by atoms with Gasteiger partial charge >= 0.3 is 5.97 Å². The van der Waals surface area contributed by atoms with E-state index >= 15 is 0 Å². The molecule has 20 heavy (non-hydrogen) atoms. The Labute approximate surface area is 121 Å². The maximum atomic E-state index is 11.7. The van der Waals surface area contributed by atoms with Crippen LogP contribution in [0.25, 0.3) is 6.08 Å². The van der Waals surface area contributed by atoms with Crippen LogP contribution in [-0.4, -0.2) is 36.6 Å². The lowest BCUT2D eigenvalue weighted by Gasteiger charge is -2.28. The number of carbonyl (C=O) groups is 1. The summed E-state index contributed by atoms with van der Waals surface area (Å²) < 4.78 is 5.41. The Balaban J connectivity index is 1.74. The molecule has 1 aromatic rings. The summed E-state index contributed by atoms with van der Waals surface area (Å²) in [6, 6.07) is 9.77. The highest BCUT2D eigenvalue weighted by Crippen LogP contribution is 2.10. The summed E-state index contributed by atoms with van der Waals surface area (Å²) in [5.41, 5.74) is 1.01. The zero-order valence-electron chi connectivity index (χ0n) is 12.1. The quantitative estimate of drug-likeness (QED) is 0.610. The molecular formula is C17H23NO2. The summed E-state index contributed by atoms with van der Waals surface area (Å²) in [6.45, 7) is 5.05. The number of rotatable bonds is 5. The first-order valence-corrected chi connectivity index (χ1v) is 7.40. The van der Waals surface area contributed by atoms with E-state index in [1.807, 2.05) is 37.3 Å². The van der Waals surface area contributed by atoms with Gasteiger partial charge in [-0.25, -0.2) is 4.79 Å². The van der Waals surface area contributed by atoms with Gasteiger partial charge in [-0.15, -0.1) is 0 Å². The van der Waals surface area contributed by atoms with Gasteiger partial charge in [-0.05, 0) is 44.5 Å². The molecule has 2 rings (SSSR count). The molecule has 3 heteroatoms. The third-order valence-electron chi connectivity index (χ3n) is 3.49. The van der Waals surface area contributed by atoms with Gasteiger partial charge in [-0.3, -0.25) is 4.90 Å². The lowest BCUT2D eigenvalue weighted by Crippen LogP contribution is -2.36. The Kier molecular flexibility index (Phi) is 5.81. The maximum Gasteiger partial charge on any atom is 0.331 e. The molecule has 1 aliphatic rings. The summed E-state index contributed by atoms with van der Waals surface area (Å²) >= 11 is 0. The van der Waals surface area contributed by atoms with Crippen LogP contribution >= 0.6 is 0 Å². The molecule has 108 valence electrons. The van der Waals surface area contributed by atoms with Crippen molar-refractivity contribution in [2.75, 3.05) is 19.6 Å². The number of carbonyl (C=O) groups excluding carboxylic acids is 1. The lowest BCUT2D eigenvalue weighted by molar-refractivity contribution is -0.143. The number of likely N-dealkylation sites (tertiary alicyclic amines) is 1. The highest BCUT2D eigenvalue weighted by atomic mass is 16.5. The average molecular weight is 273 g/mol. The van der Waals surface area contributed by atoms with Crippen molar-refractivity contribution in [2.45, 2.75) is 32.3 Å². The Hall–Kier alpha value is -1.61. The molecule has 0 radical (unpaired) electrons. The Morgan fingerprint density at radius 2 is 1.95 bits per heavy atom. The van der Waals surface area contributed by atoms with E-state index in [0.29, 0.717) is 0 Å². The van der Waals surface area contributed by atoms with E-state index < -0.39 is 0 Å². The summed E-state index contributed by atoms with van der Waals surface area (Å²) in [6.07, 6.45) is 7.08. The molecule has 0 amide bonds. The fraction of sp³-hybridized carbons (Fsp3) is 0.471. The van der Waals surface area contributed by atoms with Crippen LogP contribution in [0, 0.1) is 0 Å². The molecule has 0 unspecified atom stereocenters. The molecule has 1 aliphatic heterocycles. The molecular weight excluding hydrogens is 250 g/mol.